The molecule has 2 aliphatic heterocycles. The molecule has 0 N–H and O–H groups in total. The maximum atomic E-state index is 12.9. The number of carbonyl (C=O) groups excluding carboxylic acids is 1. The van der Waals surface area contributed by atoms with E-state index < -0.39 is 0 Å². The molecule has 26 heavy (non-hydrogen) atoms. The molecule has 5 heteroatoms. The second-order valence-corrected chi connectivity index (χ2v) is 8.81. The maximum Gasteiger partial charge on any atom is 0.253 e. The molecule has 0 aliphatic carbocycles. The fourth-order valence-electron chi connectivity index (χ4n) is 4.32. The third-order valence-corrected chi connectivity index (χ3v) is 5.90. The van der Waals surface area contributed by atoms with Crippen molar-refractivity contribution in [2.75, 3.05) is 26.2 Å². The number of halogens is 2. The standard InChI is InChI=1S/C21H22Cl2N2O/c22-19-8-6-18(7-9-19)20(26)25-13-17-10-21(23,15-25)14-24(12-17)11-16-4-2-1-3-5-16/h1-9,17H,10-15H2. The highest BCUT2D eigenvalue weighted by atomic mass is 35.5. The minimum absolute atomic E-state index is 0.0490. The smallest absolute Gasteiger partial charge is 0.253 e. The van der Waals surface area contributed by atoms with Gasteiger partial charge in [-0.25, -0.2) is 0 Å². The highest BCUT2D eigenvalue weighted by molar-refractivity contribution is 6.30. The number of likely N-dealkylation sites (tertiary alicyclic amines) is 2. The van der Waals surface area contributed by atoms with Gasteiger partial charge in [-0.3, -0.25) is 9.69 Å². The van der Waals surface area contributed by atoms with Crippen LogP contribution in [0.3, 0.4) is 0 Å². The van der Waals surface area contributed by atoms with Crippen molar-refractivity contribution in [2.45, 2.75) is 17.8 Å². The minimum Gasteiger partial charge on any atom is -0.337 e. The average Bonchev–Trinajstić information content (AvgIpc) is 2.61. The zero-order chi connectivity index (χ0) is 18.1. The number of amides is 1. The van der Waals surface area contributed by atoms with Crippen LogP contribution < -0.4 is 0 Å². The number of hydrogen-bond acceptors (Lipinski definition) is 2. The normalized spacial score (nSPS) is 25.9. The Bertz CT molecular complexity index is 780. The van der Waals surface area contributed by atoms with Crippen molar-refractivity contribution in [3.63, 3.8) is 0 Å². The van der Waals surface area contributed by atoms with Crippen LogP contribution in [0.2, 0.25) is 5.02 Å². The minimum atomic E-state index is -0.363. The lowest BCUT2D eigenvalue weighted by molar-refractivity contribution is 0.0326. The third-order valence-electron chi connectivity index (χ3n) is 5.26. The van der Waals surface area contributed by atoms with Crippen molar-refractivity contribution < 1.29 is 4.79 Å². The Labute approximate surface area is 164 Å². The van der Waals surface area contributed by atoms with E-state index in [0.29, 0.717) is 23.0 Å². The van der Waals surface area contributed by atoms with Gasteiger partial charge < -0.3 is 4.90 Å². The number of nitrogens with zero attached hydrogens (tertiary/aromatic N) is 2. The summed E-state index contributed by atoms with van der Waals surface area (Å²) in [6.45, 7) is 4.06. The van der Waals surface area contributed by atoms with E-state index in [0.717, 1.165) is 32.6 Å². The first-order chi connectivity index (χ1) is 12.5. The average molecular weight is 389 g/mol. The zero-order valence-corrected chi connectivity index (χ0v) is 16.1. The van der Waals surface area contributed by atoms with Crippen molar-refractivity contribution in [1.82, 2.24) is 9.80 Å². The van der Waals surface area contributed by atoms with Gasteiger partial charge in [0.25, 0.3) is 5.91 Å². The largest absolute Gasteiger partial charge is 0.337 e. The number of piperidine rings is 2. The molecule has 2 unspecified atom stereocenters. The molecular weight excluding hydrogens is 367 g/mol. The molecule has 2 heterocycles. The predicted molar refractivity (Wildman–Crippen MR) is 106 cm³/mol. The molecule has 2 aliphatic rings. The van der Waals surface area contributed by atoms with Gasteiger partial charge in [-0.05, 0) is 42.2 Å². The Morgan fingerprint density at radius 2 is 1.77 bits per heavy atom. The Kier molecular flexibility index (Phi) is 4.96. The number of benzene rings is 2. The summed E-state index contributed by atoms with van der Waals surface area (Å²) in [5.74, 6) is 0.461. The lowest BCUT2D eigenvalue weighted by Gasteiger charge is -2.50. The molecule has 2 saturated heterocycles. The molecule has 2 atom stereocenters. The van der Waals surface area contributed by atoms with Crippen LogP contribution >= 0.6 is 23.2 Å². The first kappa shape index (κ1) is 17.8. The molecule has 2 aromatic rings. The van der Waals surface area contributed by atoms with E-state index in [2.05, 4.69) is 29.2 Å². The number of hydrogen-bond donors (Lipinski definition) is 0. The van der Waals surface area contributed by atoms with E-state index in [4.69, 9.17) is 23.2 Å². The van der Waals surface area contributed by atoms with Crippen LogP contribution in [0.5, 0.6) is 0 Å². The van der Waals surface area contributed by atoms with E-state index in [1.807, 2.05) is 11.0 Å². The van der Waals surface area contributed by atoms with Crippen LogP contribution in [0.25, 0.3) is 0 Å². The van der Waals surface area contributed by atoms with Crippen LogP contribution in [-0.2, 0) is 6.54 Å². The summed E-state index contributed by atoms with van der Waals surface area (Å²) in [6, 6.07) is 17.6. The van der Waals surface area contributed by atoms with Crippen LogP contribution in [0.1, 0.15) is 22.3 Å². The van der Waals surface area contributed by atoms with Crippen molar-refractivity contribution in [2.24, 2.45) is 5.92 Å². The molecule has 136 valence electrons. The predicted octanol–water partition coefficient (Wildman–Crippen LogP) is 4.30. The molecule has 3 nitrogen and oxygen atoms in total. The quantitative estimate of drug-likeness (QED) is 0.731. The molecule has 0 saturated carbocycles. The van der Waals surface area contributed by atoms with Gasteiger partial charge in [-0.15, -0.1) is 11.6 Å². The summed E-state index contributed by atoms with van der Waals surface area (Å²) >= 11 is 12.9. The summed E-state index contributed by atoms with van der Waals surface area (Å²) < 4.78 is 0. The Hall–Kier alpha value is -1.55. The van der Waals surface area contributed by atoms with Crippen molar-refractivity contribution in [1.29, 1.82) is 0 Å². The second kappa shape index (κ2) is 7.22. The molecular formula is C21H22Cl2N2O. The van der Waals surface area contributed by atoms with Crippen LogP contribution in [0.4, 0.5) is 0 Å². The summed E-state index contributed by atoms with van der Waals surface area (Å²) in [7, 11) is 0. The number of carbonyl (C=O) groups is 1. The molecule has 4 rings (SSSR count). The van der Waals surface area contributed by atoms with Gasteiger partial charge in [0.2, 0.25) is 0 Å². The Morgan fingerprint density at radius 3 is 2.46 bits per heavy atom. The summed E-state index contributed by atoms with van der Waals surface area (Å²) in [5, 5.41) is 0.641. The van der Waals surface area contributed by atoms with Crippen LogP contribution in [-0.4, -0.2) is 46.8 Å². The summed E-state index contributed by atoms with van der Waals surface area (Å²) in [6.07, 6.45) is 0.976. The van der Waals surface area contributed by atoms with Gasteiger partial charge in [0, 0.05) is 43.3 Å². The first-order valence-corrected chi connectivity index (χ1v) is 9.76. The fraction of sp³-hybridized carbons (Fsp3) is 0.381. The molecule has 0 spiro atoms. The van der Waals surface area contributed by atoms with Crippen molar-refractivity contribution >= 4 is 29.1 Å². The Morgan fingerprint density at radius 1 is 1.04 bits per heavy atom. The number of fused-ring (bicyclic) bond motifs is 2. The van der Waals surface area contributed by atoms with Gasteiger partial charge in [-0.2, -0.15) is 0 Å². The van der Waals surface area contributed by atoms with E-state index in [1.165, 1.54) is 5.56 Å². The maximum absolute atomic E-state index is 12.9. The lowest BCUT2D eigenvalue weighted by Crippen LogP contribution is -2.61. The lowest BCUT2D eigenvalue weighted by atomic mass is 9.83. The zero-order valence-electron chi connectivity index (χ0n) is 14.6. The fourth-order valence-corrected chi connectivity index (χ4v) is 4.98. The summed E-state index contributed by atoms with van der Waals surface area (Å²) in [4.78, 5) is 16.9. The highest BCUT2D eigenvalue weighted by Gasteiger charge is 2.45. The van der Waals surface area contributed by atoms with Gasteiger partial charge in [0.15, 0.2) is 0 Å². The summed E-state index contributed by atoms with van der Waals surface area (Å²) in [5.41, 5.74) is 1.98. The van der Waals surface area contributed by atoms with E-state index in [-0.39, 0.29) is 10.8 Å². The topological polar surface area (TPSA) is 23.6 Å². The second-order valence-electron chi connectivity index (χ2n) is 7.57. The molecule has 2 fully saturated rings. The highest BCUT2D eigenvalue weighted by Crippen LogP contribution is 2.37. The number of rotatable bonds is 3. The molecule has 0 aromatic heterocycles. The molecule has 2 bridgehead atoms. The molecule has 0 radical (unpaired) electrons. The van der Waals surface area contributed by atoms with E-state index in [9.17, 15) is 4.79 Å². The number of alkyl halides is 1. The van der Waals surface area contributed by atoms with Gasteiger partial charge >= 0.3 is 0 Å². The third kappa shape index (κ3) is 3.90. The van der Waals surface area contributed by atoms with Gasteiger partial charge in [-0.1, -0.05) is 41.9 Å². The van der Waals surface area contributed by atoms with Gasteiger partial charge in [0.05, 0.1) is 4.87 Å². The first-order valence-electron chi connectivity index (χ1n) is 9.01. The van der Waals surface area contributed by atoms with E-state index >= 15 is 0 Å². The van der Waals surface area contributed by atoms with Crippen molar-refractivity contribution in [3.05, 3.63) is 70.7 Å². The molecule has 1 amide bonds. The van der Waals surface area contributed by atoms with Crippen molar-refractivity contribution in [3.8, 4) is 0 Å². The van der Waals surface area contributed by atoms with Crippen LogP contribution in [0, 0.1) is 5.92 Å². The molecule has 2 aromatic carbocycles. The SMILES string of the molecule is O=C(c1ccc(Cl)cc1)N1CC2CN(Cc3ccccc3)CC(Cl)(C2)C1. The monoisotopic (exact) mass is 388 g/mol. The van der Waals surface area contributed by atoms with Gasteiger partial charge in [0.1, 0.15) is 0 Å². The Balaban J connectivity index is 1.45. The van der Waals surface area contributed by atoms with Crippen LogP contribution in [0.15, 0.2) is 54.6 Å². The van der Waals surface area contributed by atoms with E-state index in [1.54, 1.807) is 24.3 Å².